The van der Waals surface area contributed by atoms with Gasteiger partial charge in [0, 0.05) is 23.3 Å². The van der Waals surface area contributed by atoms with Crippen LogP contribution in [0.1, 0.15) is 147 Å². The molecule has 0 aromatic carbocycles. The van der Waals surface area contributed by atoms with Crippen LogP contribution in [0, 0.1) is 24.2 Å². The van der Waals surface area contributed by atoms with E-state index >= 15 is 0 Å². The second kappa shape index (κ2) is 20.0. The number of aliphatic hydroxyl groups excluding tert-OH is 1. The van der Waals surface area contributed by atoms with Gasteiger partial charge in [0.15, 0.2) is 25.0 Å². The van der Waals surface area contributed by atoms with Crippen molar-refractivity contribution < 1.29 is 23.2 Å². The monoisotopic (exact) mass is 838 g/mol. The van der Waals surface area contributed by atoms with E-state index < -0.39 is 42.4 Å². The number of allylic oxidation sites excluding steroid dienone is 1. The summed E-state index contributed by atoms with van der Waals surface area (Å²) in [4.78, 5) is 19.1. The molecular weight excluding hydrogens is 751 g/mol. The highest BCUT2D eigenvalue weighted by Crippen LogP contribution is 2.43. The first-order valence-corrected chi connectivity index (χ1v) is 30.7. The first-order valence-electron chi connectivity index (χ1n) is 21.1. The first-order chi connectivity index (χ1) is 24.6. The maximum absolute atomic E-state index is 14.4. The van der Waals surface area contributed by atoms with Crippen LogP contribution < -0.4 is 0 Å². The highest BCUT2D eigenvalue weighted by atomic mass is 32.1. The van der Waals surface area contributed by atoms with E-state index in [0.717, 1.165) is 36.4 Å². The molecule has 0 fully saturated rings. The Hall–Kier alpha value is -0.729. The molecule has 5 atom stereocenters. The molecular formula is C45H87NO5SSi3. The number of aryl methyl sites for hydroxylation is 1. The summed E-state index contributed by atoms with van der Waals surface area (Å²) in [7, 11) is -6.17. The molecule has 0 aliphatic rings. The Morgan fingerprint density at radius 1 is 0.836 bits per heavy atom. The smallest absolute Gasteiger partial charge is 0.192 e. The van der Waals surface area contributed by atoms with Gasteiger partial charge in [0.25, 0.3) is 0 Å². The van der Waals surface area contributed by atoms with Gasteiger partial charge in [0.05, 0.1) is 29.0 Å². The summed E-state index contributed by atoms with van der Waals surface area (Å²) in [5.41, 5.74) is 2.76. The number of aliphatic hydroxyl groups is 1. The van der Waals surface area contributed by atoms with Gasteiger partial charge in [0.1, 0.15) is 5.78 Å². The van der Waals surface area contributed by atoms with Crippen molar-refractivity contribution >= 4 is 48.1 Å². The van der Waals surface area contributed by atoms with E-state index in [-0.39, 0.29) is 39.0 Å². The lowest BCUT2D eigenvalue weighted by molar-refractivity contribution is -0.141. The van der Waals surface area contributed by atoms with Gasteiger partial charge in [-0.3, -0.25) is 4.79 Å². The fourth-order valence-electron chi connectivity index (χ4n) is 6.05. The summed E-state index contributed by atoms with van der Waals surface area (Å²) in [6.07, 6.45) is 7.73. The van der Waals surface area contributed by atoms with Crippen LogP contribution in [0.5, 0.6) is 0 Å². The molecule has 0 bridgehead atoms. The van der Waals surface area contributed by atoms with Crippen molar-refractivity contribution in [1.29, 1.82) is 0 Å². The number of nitrogens with zero attached hydrogens (tertiary/aromatic N) is 1. The molecule has 0 spiro atoms. The van der Waals surface area contributed by atoms with Gasteiger partial charge in [-0.15, -0.1) is 11.3 Å². The lowest BCUT2D eigenvalue weighted by Gasteiger charge is -2.45. The summed E-state index contributed by atoms with van der Waals surface area (Å²) < 4.78 is 20.6. The molecule has 0 aliphatic heterocycles. The number of hydrogen-bond acceptors (Lipinski definition) is 7. The number of carbonyl (C=O) groups is 1. The molecule has 1 rings (SSSR count). The molecule has 320 valence electrons. The fraction of sp³-hybridized carbons (Fsp3) is 0.822. The molecule has 0 saturated carbocycles. The number of ketones is 1. The standard InChI is InChI=1S/C45H87NO5SSi3/c1-32(26-27-38(50-54(19,20)43(9,10)11)34(3)30-37-31-52-36(5)46-37)24-23-25-33(2)40(47)35(4)41(48)45(15,16)39(51-55(21,22)44(12,13)14)28-29-49-53(17,18)42(6,7)8/h26,30-31,33,35,38-40,47H,23-25,27-29H2,1-22H3/b32-26-,34-30+/t33-,35?,38-,39-,40-/m0/s1. The van der Waals surface area contributed by atoms with E-state index in [9.17, 15) is 9.90 Å². The zero-order valence-corrected chi connectivity index (χ0v) is 43.6. The SMILES string of the molecule is C/C(=C/C[C@H](O[Si](C)(C)C(C)(C)C)/C(C)=C/c1csc(C)n1)CCC[C@H](C)[C@H](O)C(C)C(=O)C(C)(C)[C@H](CCO[Si](C)(C)C(C)(C)C)O[Si](C)(C)C(C)(C)C. The van der Waals surface area contributed by atoms with Crippen molar-refractivity contribution in [2.24, 2.45) is 17.3 Å². The zero-order valence-electron chi connectivity index (χ0n) is 39.8. The molecule has 55 heavy (non-hydrogen) atoms. The molecule has 6 nitrogen and oxygen atoms in total. The third-order valence-corrected chi connectivity index (χ3v) is 27.8. The molecule has 10 heteroatoms. The number of carbonyl (C=O) groups excluding carboxylic acids is 1. The zero-order chi connectivity index (χ0) is 43.2. The summed E-state index contributed by atoms with van der Waals surface area (Å²) in [6.45, 7) is 49.1. The van der Waals surface area contributed by atoms with Crippen LogP contribution in [0.3, 0.4) is 0 Å². The van der Waals surface area contributed by atoms with Crippen molar-refractivity contribution in [3.05, 3.63) is 33.3 Å². The minimum atomic E-state index is -2.20. The maximum atomic E-state index is 14.4. The highest BCUT2D eigenvalue weighted by molar-refractivity contribution is 7.09. The predicted octanol–water partition coefficient (Wildman–Crippen LogP) is 13.8. The first kappa shape index (κ1) is 52.3. The number of aromatic nitrogens is 1. The molecule has 1 aromatic heterocycles. The molecule has 0 radical (unpaired) electrons. The second-order valence-electron chi connectivity index (χ2n) is 21.8. The fourth-order valence-corrected chi connectivity index (χ4v) is 10.5. The van der Waals surface area contributed by atoms with Gasteiger partial charge in [-0.05, 0) is 125 Å². The van der Waals surface area contributed by atoms with Gasteiger partial charge in [-0.25, -0.2) is 4.98 Å². The van der Waals surface area contributed by atoms with E-state index in [2.05, 4.69) is 145 Å². The van der Waals surface area contributed by atoms with E-state index in [1.807, 2.05) is 27.7 Å². The molecule has 0 aliphatic carbocycles. The second-order valence-corrected chi connectivity index (χ2v) is 37.2. The maximum Gasteiger partial charge on any atom is 0.192 e. The Morgan fingerprint density at radius 2 is 1.35 bits per heavy atom. The van der Waals surface area contributed by atoms with E-state index in [0.29, 0.717) is 13.0 Å². The Labute approximate surface area is 347 Å². The molecule has 0 saturated heterocycles. The average molecular weight is 839 g/mol. The molecule has 1 aromatic rings. The Morgan fingerprint density at radius 3 is 1.82 bits per heavy atom. The van der Waals surface area contributed by atoms with Crippen LogP contribution in [0.25, 0.3) is 6.08 Å². The van der Waals surface area contributed by atoms with E-state index in [1.54, 1.807) is 11.3 Å². The van der Waals surface area contributed by atoms with Crippen LogP contribution in [0.2, 0.25) is 54.4 Å². The molecule has 1 heterocycles. The predicted molar refractivity (Wildman–Crippen MR) is 248 cm³/mol. The molecule has 1 unspecified atom stereocenters. The van der Waals surface area contributed by atoms with Crippen LogP contribution in [-0.4, -0.2) is 65.7 Å². The van der Waals surface area contributed by atoms with Crippen LogP contribution in [0.15, 0.2) is 22.6 Å². The van der Waals surface area contributed by atoms with E-state index in [1.165, 1.54) is 11.1 Å². The highest BCUT2D eigenvalue weighted by Gasteiger charge is 2.48. The summed E-state index contributed by atoms with van der Waals surface area (Å²) in [5, 5.41) is 15.0. The topological polar surface area (TPSA) is 77.9 Å². The van der Waals surface area contributed by atoms with Gasteiger partial charge in [-0.2, -0.15) is 0 Å². The van der Waals surface area contributed by atoms with Gasteiger partial charge in [0.2, 0.25) is 0 Å². The number of hydrogen-bond donors (Lipinski definition) is 1. The lowest BCUT2D eigenvalue weighted by atomic mass is 9.73. The average Bonchev–Trinajstić information content (AvgIpc) is 3.43. The van der Waals surface area contributed by atoms with E-state index in [4.69, 9.17) is 13.3 Å². The van der Waals surface area contributed by atoms with Crippen molar-refractivity contribution in [3.8, 4) is 0 Å². The van der Waals surface area contributed by atoms with Gasteiger partial charge >= 0.3 is 0 Å². The largest absolute Gasteiger partial charge is 0.417 e. The Balaban J connectivity index is 3.07. The van der Waals surface area contributed by atoms with Crippen molar-refractivity contribution in [2.45, 2.75) is 216 Å². The Bertz CT molecular complexity index is 1420. The van der Waals surface area contributed by atoms with Crippen molar-refractivity contribution in [3.63, 3.8) is 0 Å². The summed E-state index contributed by atoms with van der Waals surface area (Å²) >= 11 is 1.67. The minimum absolute atomic E-state index is 0.00290. The third-order valence-electron chi connectivity index (χ3n) is 13.5. The van der Waals surface area contributed by atoms with Crippen molar-refractivity contribution in [2.75, 3.05) is 6.61 Å². The van der Waals surface area contributed by atoms with Crippen LogP contribution >= 0.6 is 11.3 Å². The number of Topliss-reactive ketones (excluding diaryl/α,β-unsaturated/α-hetero) is 1. The summed E-state index contributed by atoms with van der Waals surface area (Å²) in [5.74, 6) is -0.438. The van der Waals surface area contributed by atoms with Crippen LogP contribution in [0.4, 0.5) is 0 Å². The van der Waals surface area contributed by atoms with Gasteiger partial charge in [-0.1, -0.05) is 102 Å². The normalized spacial score (nSPS) is 17.6. The number of thiazole rings is 1. The third kappa shape index (κ3) is 15.4. The van der Waals surface area contributed by atoms with Crippen molar-refractivity contribution in [1.82, 2.24) is 4.98 Å². The molecule has 1 N–H and O–H groups in total. The van der Waals surface area contributed by atoms with Crippen LogP contribution in [-0.2, 0) is 18.1 Å². The minimum Gasteiger partial charge on any atom is -0.417 e. The van der Waals surface area contributed by atoms with Gasteiger partial charge < -0.3 is 18.4 Å². The quantitative estimate of drug-likeness (QED) is 0.0981. The number of rotatable bonds is 21. The molecule has 0 amide bonds. The summed E-state index contributed by atoms with van der Waals surface area (Å²) in [6, 6.07) is 0. The Kier molecular flexibility index (Phi) is 19.0. The lowest BCUT2D eigenvalue weighted by Crippen LogP contribution is -2.52.